The van der Waals surface area contributed by atoms with E-state index in [0.29, 0.717) is 40.7 Å². The lowest BCUT2D eigenvalue weighted by Crippen LogP contribution is -2.41. The maximum Gasteiger partial charge on any atom is 0.231 e. The summed E-state index contributed by atoms with van der Waals surface area (Å²) in [6.45, 7) is 0.125. The Hall–Kier alpha value is -2.68. The molecular weight excluding hydrogens is 402 g/mol. The minimum atomic E-state index is -0.887. The Morgan fingerprint density at radius 2 is 1.58 bits per heavy atom. The summed E-state index contributed by atoms with van der Waals surface area (Å²) in [7, 11) is 8.51. The van der Waals surface area contributed by atoms with Gasteiger partial charge in [0.05, 0.1) is 27.4 Å². The van der Waals surface area contributed by atoms with Crippen LogP contribution in [0.2, 0.25) is 0 Å². The predicted octanol–water partition coefficient (Wildman–Crippen LogP) is 3.29. The van der Waals surface area contributed by atoms with Gasteiger partial charge in [-0.3, -0.25) is 4.90 Å². The van der Waals surface area contributed by atoms with Crippen LogP contribution in [0.1, 0.15) is 53.0 Å². The molecule has 8 nitrogen and oxygen atoms in total. The minimum absolute atomic E-state index is 0.00315. The van der Waals surface area contributed by atoms with Gasteiger partial charge in [-0.25, -0.2) is 0 Å². The molecule has 0 saturated carbocycles. The van der Waals surface area contributed by atoms with E-state index in [0.717, 1.165) is 16.7 Å². The van der Waals surface area contributed by atoms with E-state index in [1.807, 2.05) is 30.1 Å². The fourth-order valence-corrected chi connectivity index (χ4v) is 5.37. The van der Waals surface area contributed by atoms with Gasteiger partial charge < -0.3 is 33.5 Å². The molecule has 1 N–H and O–H groups in total. The number of nitrogens with zero attached hydrogens (tertiary/aromatic N) is 1. The van der Waals surface area contributed by atoms with Crippen molar-refractivity contribution in [3.63, 3.8) is 0 Å². The first kappa shape index (κ1) is 20.2. The van der Waals surface area contributed by atoms with Crippen LogP contribution in [0.25, 0.3) is 0 Å². The number of ether oxygens (including phenoxy) is 6. The van der Waals surface area contributed by atoms with Gasteiger partial charge in [0.25, 0.3) is 0 Å². The molecule has 2 heterocycles. The number of aliphatic hydroxyl groups is 1. The molecule has 5 rings (SSSR count). The van der Waals surface area contributed by atoms with E-state index in [9.17, 15) is 5.11 Å². The molecule has 0 bridgehead atoms. The zero-order valence-electron chi connectivity index (χ0n) is 18.3. The Morgan fingerprint density at radius 1 is 0.903 bits per heavy atom. The summed E-state index contributed by atoms with van der Waals surface area (Å²) in [6.07, 6.45) is -0.325. The zero-order valence-corrected chi connectivity index (χ0v) is 18.3. The van der Waals surface area contributed by atoms with Crippen LogP contribution in [0.4, 0.5) is 0 Å². The summed E-state index contributed by atoms with van der Waals surface area (Å²) < 4.78 is 34.1. The standard InChI is InChI=1S/C23H27NO7/c1-24-21-12-7-16(28-4)15(27-3)6-11(12)14(26-2)8-13(21)19-17(29-5)9-18-22(31-10-30-18)20(19)23(24)25/h6-7,9,13-14,21,23,25H,8,10H2,1-5H3/t13?,14?,21?,23-/m0/s1. The fourth-order valence-electron chi connectivity index (χ4n) is 5.37. The van der Waals surface area contributed by atoms with Crippen molar-refractivity contribution in [2.45, 2.75) is 30.7 Å². The smallest absolute Gasteiger partial charge is 0.231 e. The van der Waals surface area contributed by atoms with Crippen molar-refractivity contribution in [1.82, 2.24) is 4.90 Å². The molecule has 0 fully saturated rings. The highest BCUT2D eigenvalue weighted by Gasteiger charge is 2.49. The Labute approximate surface area is 181 Å². The predicted molar refractivity (Wildman–Crippen MR) is 111 cm³/mol. The SMILES string of the molecule is COc1cc2c(cc1OC)C1C(CC2OC)c2c(OC)cc3c(c2[C@H](O)N1C)OCO3. The van der Waals surface area contributed by atoms with Gasteiger partial charge in [-0.1, -0.05) is 0 Å². The van der Waals surface area contributed by atoms with E-state index in [4.69, 9.17) is 28.4 Å². The highest BCUT2D eigenvalue weighted by molar-refractivity contribution is 5.63. The van der Waals surface area contributed by atoms with Crippen molar-refractivity contribution in [3.8, 4) is 28.7 Å². The molecule has 0 radical (unpaired) electrons. The van der Waals surface area contributed by atoms with Crippen molar-refractivity contribution in [1.29, 1.82) is 0 Å². The molecule has 3 unspecified atom stereocenters. The van der Waals surface area contributed by atoms with E-state index in [2.05, 4.69) is 0 Å². The molecule has 31 heavy (non-hydrogen) atoms. The summed E-state index contributed by atoms with van der Waals surface area (Å²) in [4.78, 5) is 1.96. The first-order valence-corrected chi connectivity index (χ1v) is 10.2. The Kier molecular flexibility index (Phi) is 4.88. The average Bonchev–Trinajstić information content (AvgIpc) is 3.27. The number of likely N-dealkylation sites (N-methyl/N-ethyl adjacent to an activating group) is 1. The van der Waals surface area contributed by atoms with Gasteiger partial charge >= 0.3 is 0 Å². The lowest BCUT2D eigenvalue weighted by Gasteiger charge is -2.48. The number of hydrogen-bond acceptors (Lipinski definition) is 8. The molecule has 0 aromatic heterocycles. The average molecular weight is 429 g/mol. The van der Waals surface area contributed by atoms with E-state index >= 15 is 0 Å². The summed E-state index contributed by atoms with van der Waals surface area (Å²) in [5, 5.41) is 11.4. The van der Waals surface area contributed by atoms with Crippen LogP contribution in [-0.2, 0) is 4.74 Å². The molecule has 2 aromatic carbocycles. The Balaban J connectivity index is 1.75. The van der Waals surface area contributed by atoms with Crippen LogP contribution in [0.5, 0.6) is 28.7 Å². The topological polar surface area (TPSA) is 78.9 Å². The number of aliphatic hydroxyl groups excluding tert-OH is 1. The van der Waals surface area contributed by atoms with Gasteiger partial charge in [-0.05, 0) is 36.7 Å². The third-order valence-corrected chi connectivity index (χ3v) is 6.77. The molecule has 166 valence electrons. The number of hydrogen-bond donors (Lipinski definition) is 1. The normalized spacial score (nSPS) is 26.0. The quantitative estimate of drug-likeness (QED) is 0.793. The van der Waals surface area contributed by atoms with Crippen LogP contribution in [0.15, 0.2) is 18.2 Å². The van der Waals surface area contributed by atoms with E-state index in [1.165, 1.54) is 0 Å². The molecule has 4 atom stereocenters. The molecule has 3 aliphatic rings. The van der Waals surface area contributed by atoms with Crippen molar-refractivity contribution >= 4 is 0 Å². The first-order valence-electron chi connectivity index (χ1n) is 10.2. The van der Waals surface area contributed by atoms with Gasteiger partial charge in [-0.2, -0.15) is 0 Å². The summed E-state index contributed by atoms with van der Waals surface area (Å²) in [5.41, 5.74) is 3.70. The molecule has 0 amide bonds. The lowest BCUT2D eigenvalue weighted by atomic mass is 9.70. The highest BCUT2D eigenvalue weighted by Crippen LogP contribution is 2.61. The third kappa shape index (κ3) is 2.78. The van der Waals surface area contributed by atoms with Gasteiger partial charge in [0.1, 0.15) is 12.0 Å². The minimum Gasteiger partial charge on any atom is -0.496 e. The van der Waals surface area contributed by atoms with Gasteiger partial charge in [0.2, 0.25) is 6.79 Å². The zero-order chi connectivity index (χ0) is 21.9. The number of fused-ring (bicyclic) bond motifs is 7. The van der Waals surface area contributed by atoms with Crippen LogP contribution in [0.3, 0.4) is 0 Å². The van der Waals surface area contributed by atoms with Crippen molar-refractivity contribution in [2.24, 2.45) is 0 Å². The van der Waals surface area contributed by atoms with Crippen molar-refractivity contribution in [2.75, 3.05) is 42.3 Å². The molecule has 2 aliphatic heterocycles. The Bertz CT molecular complexity index is 1020. The van der Waals surface area contributed by atoms with Crippen LogP contribution in [-0.4, -0.2) is 52.3 Å². The summed E-state index contributed by atoms with van der Waals surface area (Å²) >= 11 is 0. The summed E-state index contributed by atoms with van der Waals surface area (Å²) in [5.74, 6) is 3.15. The maximum atomic E-state index is 11.4. The number of methoxy groups -OCH3 is 4. The largest absolute Gasteiger partial charge is 0.496 e. The molecule has 0 spiro atoms. The van der Waals surface area contributed by atoms with Crippen molar-refractivity contribution < 1.29 is 33.5 Å². The monoisotopic (exact) mass is 429 g/mol. The molecule has 8 heteroatoms. The second-order valence-electron chi connectivity index (χ2n) is 8.03. The fraction of sp³-hybridized carbons (Fsp3) is 0.478. The second kappa shape index (κ2) is 7.47. The lowest BCUT2D eigenvalue weighted by molar-refractivity contribution is -0.0467. The van der Waals surface area contributed by atoms with E-state index in [1.54, 1.807) is 28.4 Å². The van der Waals surface area contributed by atoms with Gasteiger partial charge in [-0.15, -0.1) is 0 Å². The highest BCUT2D eigenvalue weighted by atomic mass is 16.7. The molecular formula is C23H27NO7. The van der Waals surface area contributed by atoms with Crippen LogP contribution < -0.4 is 23.7 Å². The first-order chi connectivity index (χ1) is 15.0. The van der Waals surface area contributed by atoms with Gasteiger partial charge in [0.15, 0.2) is 23.0 Å². The summed E-state index contributed by atoms with van der Waals surface area (Å²) in [6, 6.07) is 5.70. The molecule has 2 aromatic rings. The van der Waals surface area contributed by atoms with E-state index in [-0.39, 0.29) is 24.9 Å². The number of benzene rings is 2. The number of rotatable bonds is 4. The molecule has 0 saturated heterocycles. The third-order valence-electron chi connectivity index (χ3n) is 6.77. The van der Waals surface area contributed by atoms with Crippen LogP contribution in [0, 0.1) is 0 Å². The Morgan fingerprint density at radius 3 is 2.23 bits per heavy atom. The maximum absolute atomic E-state index is 11.4. The van der Waals surface area contributed by atoms with Crippen molar-refractivity contribution in [3.05, 3.63) is 40.5 Å². The van der Waals surface area contributed by atoms with Gasteiger partial charge in [0, 0.05) is 36.3 Å². The molecule has 1 aliphatic carbocycles. The van der Waals surface area contributed by atoms with E-state index < -0.39 is 6.23 Å². The second-order valence-corrected chi connectivity index (χ2v) is 8.03. The van der Waals surface area contributed by atoms with Crippen LogP contribution >= 0.6 is 0 Å².